The normalized spacial score (nSPS) is 17.2. The van der Waals surface area contributed by atoms with Crippen LogP contribution in [0.1, 0.15) is 46.4 Å². The summed E-state index contributed by atoms with van der Waals surface area (Å²) in [5.41, 5.74) is 0.120. The maximum absolute atomic E-state index is 13.6. The Labute approximate surface area is 191 Å². The largest absolute Gasteiger partial charge is 0.496 e. The van der Waals surface area contributed by atoms with Crippen LogP contribution in [0.25, 0.3) is 0 Å². The number of nitrogens with two attached hydrogens (primary N) is 1. The van der Waals surface area contributed by atoms with Crippen molar-refractivity contribution in [3.8, 4) is 5.75 Å². The van der Waals surface area contributed by atoms with Crippen LogP contribution in [0, 0.1) is 0 Å². The van der Waals surface area contributed by atoms with Crippen LogP contribution in [-0.4, -0.2) is 51.0 Å². The molecule has 0 spiro atoms. The SMILES string of the molecule is COc1ccccc1C(=O)N(C1(S(N)(=O)=O)CC1)S(=O)(=O)c1ccc(C(=O)NC2CC2)cc1. The second-order valence-corrected chi connectivity index (χ2v) is 11.7. The highest BCUT2D eigenvalue weighted by Gasteiger charge is 2.64. The minimum atomic E-state index is -4.67. The number of benzene rings is 2. The molecular formula is C21H23N3O7S2. The maximum atomic E-state index is 13.6. The Bertz CT molecular complexity index is 1310. The minimum Gasteiger partial charge on any atom is -0.496 e. The standard InChI is InChI=1S/C21H23N3O7S2/c1-31-18-5-3-2-4-17(18)20(26)24(21(12-13-21)33(22,29)30)32(27,28)16-10-6-14(7-11-16)19(25)23-15-8-9-15/h2-7,10-11,15H,8-9,12-13H2,1H3,(H,23,25)(H2,22,29,30). The molecule has 0 unspecified atom stereocenters. The molecule has 0 aromatic heterocycles. The highest BCUT2D eigenvalue weighted by atomic mass is 32.2. The topological polar surface area (TPSA) is 153 Å². The molecule has 2 aliphatic carbocycles. The van der Waals surface area contributed by atoms with Gasteiger partial charge in [0.2, 0.25) is 10.0 Å². The average molecular weight is 494 g/mol. The van der Waals surface area contributed by atoms with Crippen LogP contribution < -0.4 is 15.2 Å². The molecule has 4 rings (SSSR count). The summed E-state index contributed by atoms with van der Waals surface area (Å²) in [6, 6.07) is 11.0. The molecule has 2 saturated carbocycles. The molecule has 0 radical (unpaired) electrons. The van der Waals surface area contributed by atoms with Gasteiger partial charge in [0.05, 0.1) is 17.6 Å². The molecule has 2 fully saturated rings. The van der Waals surface area contributed by atoms with Crippen LogP contribution in [-0.2, 0) is 20.0 Å². The Balaban J connectivity index is 1.77. The van der Waals surface area contributed by atoms with Gasteiger partial charge in [-0.1, -0.05) is 12.1 Å². The number of amides is 2. The van der Waals surface area contributed by atoms with E-state index in [-0.39, 0.29) is 46.6 Å². The van der Waals surface area contributed by atoms with Crippen molar-refractivity contribution in [1.29, 1.82) is 0 Å². The first-order chi connectivity index (χ1) is 15.5. The molecule has 0 atom stereocenters. The zero-order valence-electron chi connectivity index (χ0n) is 17.7. The molecule has 0 aliphatic heterocycles. The van der Waals surface area contributed by atoms with Gasteiger partial charge in [-0.3, -0.25) is 9.59 Å². The first kappa shape index (κ1) is 23.2. The summed E-state index contributed by atoms with van der Waals surface area (Å²) >= 11 is 0. The van der Waals surface area contributed by atoms with Crippen LogP contribution in [0.4, 0.5) is 0 Å². The van der Waals surface area contributed by atoms with Crippen LogP contribution in [0.5, 0.6) is 5.75 Å². The van der Waals surface area contributed by atoms with Crippen LogP contribution >= 0.6 is 0 Å². The van der Waals surface area contributed by atoms with E-state index in [0.29, 0.717) is 4.31 Å². The monoisotopic (exact) mass is 493 g/mol. The zero-order chi connectivity index (χ0) is 24.0. The van der Waals surface area contributed by atoms with E-state index in [1.54, 1.807) is 6.07 Å². The molecule has 33 heavy (non-hydrogen) atoms. The minimum absolute atomic E-state index is 0.0833. The van der Waals surface area contributed by atoms with E-state index >= 15 is 0 Å². The second-order valence-electron chi connectivity index (χ2n) is 8.04. The van der Waals surface area contributed by atoms with Crippen molar-refractivity contribution in [3.05, 3.63) is 59.7 Å². The summed E-state index contributed by atoms with van der Waals surface area (Å²) in [5, 5.41) is 8.18. The van der Waals surface area contributed by atoms with Crippen molar-refractivity contribution in [2.75, 3.05) is 7.11 Å². The van der Waals surface area contributed by atoms with Gasteiger partial charge in [0.15, 0.2) is 4.87 Å². The Kier molecular flexibility index (Phi) is 5.71. The lowest BCUT2D eigenvalue weighted by Crippen LogP contribution is -2.52. The lowest BCUT2D eigenvalue weighted by Gasteiger charge is -2.30. The fourth-order valence-electron chi connectivity index (χ4n) is 3.53. The molecule has 2 amide bonds. The van der Waals surface area contributed by atoms with E-state index in [2.05, 4.69) is 5.32 Å². The lowest BCUT2D eigenvalue weighted by atomic mass is 10.2. The fraction of sp³-hybridized carbons (Fsp3) is 0.333. The third kappa shape index (κ3) is 4.21. The molecule has 10 nitrogen and oxygen atoms in total. The third-order valence-electron chi connectivity index (χ3n) is 5.67. The van der Waals surface area contributed by atoms with Crippen LogP contribution in [0.2, 0.25) is 0 Å². The quantitative estimate of drug-likeness (QED) is 0.560. The smallest absolute Gasteiger partial charge is 0.272 e. The molecule has 2 aromatic carbocycles. The summed E-state index contributed by atoms with van der Waals surface area (Å²) in [5.74, 6) is -1.33. The number of sulfonamides is 2. The van der Waals surface area contributed by atoms with E-state index in [1.807, 2.05) is 0 Å². The van der Waals surface area contributed by atoms with Crippen LogP contribution in [0.3, 0.4) is 0 Å². The number of para-hydroxylation sites is 1. The van der Waals surface area contributed by atoms with Crippen molar-refractivity contribution < 1.29 is 31.2 Å². The van der Waals surface area contributed by atoms with E-state index in [1.165, 1.54) is 49.6 Å². The summed E-state index contributed by atoms with van der Waals surface area (Å²) in [7, 11) is -7.82. The summed E-state index contributed by atoms with van der Waals surface area (Å²) in [6.45, 7) is 0. The number of rotatable bonds is 8. The molecule has 0 bridgehead atoms. The van der Waals surface area contributed by atoms with Gasteiger partial charge in [-0.15, -0.1) is 0 Å². The second kappa shape index (κ2) is 8.12. The molecule has 12 heteroatoms. The maximum Gasteiger partial charge on any atom is 0.272 e. The van der Waals surface area contributed by atoms with Crippen molar-refractivity contribution in [2.24, 2.45) is 5.14 Å². The summed E-state index contributed by atoms with van der Waals surface area (Å²) in [4.78, 5) is 23.2. The fourth-order valence-corrected chi connectivity index (χ4v) is 6.75. The lowest BCUT2D eigenvalue weighted by molar-refractivity contribution is 0.0835. The van der Waals surface area contributed by atoms with Crippen molar-refractivity contribution in [3.63, 3.8) is 0 Å². The number of ether oxygens (including phenoxy) is 1. The number of hydrogen-bond donors (Lipinski definition) is 2. The van der Waals surface area contributed by atoms with Gasteiger partial charge in [0, 0.05) is 11.6 Å². The predicted molar refractivity (Wildman–Crippen MR) is 118 cm³/mol. The van der Waals surface area contributed by atoms with Gasteiger partial charge in [-0.05, 0) is 62.1 Å². The average Bonchev–Trinajstić information content (AvgIpc) is 3.69. The molecule has 2 aliphatic rings. The molecular weight excluding hydrogens is 470 g/mol. The third-order valence-corrected chi connectivity index (χ3v) is 9.30. The molecule has 0 saturated heterocycles. The van der Waals surface area contributed by atoms with E-state index in [0.717, 1.165) is 12.8 Å². The first-order valence-corrected chi connectivity index (χ1v) is 13.2. The number of nitrogens with one attached hydrogen (secondary N) is 1. The summed E-state index contributed by atoms with van der Waals surface area (Å²) < 4.78 is 57.5. The number of methoxy groups -OCH3 is 1. The molecule has 0 heterocycles. The van der Waals surface area contributed by atoms with Gasteiger partial charge in [0.1, 0.15) is 5.75 Å². The number of carbonyl (C=O) groups excluding carboxylic acids is 2. The number of primary sulfonamides is 1. The highest BCUT2D eigenvalue weighted by Crippen LogP contribution is 2.49. The van der Waals surface area contributed by atoms with Crippen molar-refractivity contribution in [2.45, 2.75) is 41.5 Å². The first-order valence-electron chi connectivity index (χ1n) is 10.2. The molecule has 2 aromatic rings. The van der Waals surface area contributed by atoms with Gasteiger partial charge in [-0.2, -0.15) is 0 Å². The number of nitrogens with zero attached hydrogens (tertiary/aromatic N) is 1. The Morgan fingerprint density at radius 3 is 2.15 bits per heavy atom. The number of hydrogen-bond acceptors (Lipinski definition) is 7. The zero-order valence-corrected chi connectivity index (χ0v) is 19.4. The Hall–Kier alpha value is -2.96. The van der Waals surface area contributed by atoms with E-state index < -0.39 is 30.8 Å². The van der Waals surface area contributed by atoms with Gasteiger partial charge in [0.25, 0.3) is 21.8 Å². The van der Waals surface area contributed by atoms with Gasteiger partial charge >= 0.3 is 0 Å². The summed E-state index contributed by atoms with van der Waals surface area (Å²) in [6.07, 6.45) is 1.53. The van der Waals surface area contributed by atoms with Crippen molar-refractivity contribution >= 4 is 31.9 Å². The van der Waals surface area contributed by atoms with Gasteiger partial charge < -0.3 is 10.1 Å². The number of carbonyl (C=O) groups is 2. The Morgan fingerprint density at radius 2 is 1.64 bits per heavy atom. The van der Waals surface area contributed by atoms with E-state index in [9.17, 15) is 26.4 Å². The van der Waals surface area contributed by atoms with E-state index in [4.69, 9.17) is 9.88 Å². The van der Waals surface area contributed by atoms with Gasteiger partial charge in [-0.25, -0.2) is 26.3 Å². The Morgan fingerprint density at radius 1 is 1.03 bits per heavy atom. The predicted octanol–water partition coefficient (Wildman–Crippen LogP) is 1.20. The molecule has 176 valence electrons. The highest BCUT2D eigenvalue weighted by molar-refractivity contribution is 7.94. The molecule has 3 N–H and O–H groups in total. The van der Waals surface area contributed by atoms with Crippen molar-refractivity contribution in [1.82, 2.24) is 9.62 Å². The van der Waals surface area contributed by atoms with Crippen LogP contribution in [0.15, 0.2) is 53.4 Å².